The molecular weight excluding hydrogens is 208 g/mol. The maximum atomic E-state index is 8.72. The molecule has 2 heteroatoms. The standard InChI is InChI=1S/C15H20N2/c16-11-13-7-9-15(10-8-13)17-12-14-5-3-1-2-4-6-14/h7-10,14,17H,1-6,12H2. The highest BCUT2D eigenvalue weighted by atomic mass is 14.9. The summed E-state index contributed by atoms with van der Waals surface area (Å²) in [6.07, 6.45) is 8.33. The van der Waals surface area contributed by atoms with Gasteiger partial charge in [0.1, 0.15) is 0 Å². The normalized spacial score (nSPS) is 17.1. The first-order valence-corrected chi connectivity index (χ1v) is 6.62. The highest BCUT2D eigenvalue weighted by Gasteiger charge is 2.11. The minimum absolute atomic E-state index is 0.727. The van der Waals surface area contributed by atoms with E-state index in [-0.39, 0.29) is 0 Å². The Morgan fingerprint density at radius 3 is 2.29 bits per heavy atom. The van der Waals surface area contributed by atoms with E-state index in [1.807, 2.05) is 24.3 Å². The molecule has 1 aromatic carbocycles. The lowest BCUT2D eigenvalue weighted by Crippen LogP contribution is -2.13. The molecule has 0 aliphatic heterocycles. The van der Waals surface area contributed by atoms with Gasteiger partial charge in [-0.2, -0.15) is 5.26 Å². The van der Waals surface area contributed by atoms with Gasteiger partial charge in [0, 0.05) is 12.2 Å². The lowest BCUT2D eigenvalue weighted by molar-refractivity contribution is 0.483. The molecule has 90 valence electrons. The molecule has 1 fully saturated rings. The van der Waals surface area contributed by atoms with Gasteiger partial charge in [-0.05, 0) is 43.0 Å². The number of nitriles is 1. The Hall–Kier alpha value is -1.49. The van der Waals surface area contributed by atoms with Crippen LogP contribution in [0.5, 0.6) is 0 Å². The first-order valence-electron chi connectivity index (χ1n) is 6.62. The second-order valence-electron chi connectivity index (χ2n) is 4.93. The number of anilines is 1. The lowest BCUT2D eigenvalue weighted by atomic mass is 10.0. The van der Waals surface area contributed by atoms with Crippen LogP contribution >= 0.6 is 0 Å². The molecule has 0 heterocycles. The van der Waals surface area contributed by atoms with Crippen molar-refractivity contribution in [2.45, 2.75) is 38.5 Å². The molecule has 2 rings (SSSR count). The van der Waals surface area contributed by atoms with Crippen LogP contribution in [0.15, 0.2) is 24.3 Å². The predicted molar refractivity (Wildman–Crippen MR) is 70.8 cm³/mol. The zero-order chi connectivity index (χ0) is 11.9. The molecule has 1 aliphatic rings. The molecular formula is C15H20N2. The molecule has 0 unspecified atom stereocenters. The molecule has 17 heavy (non-hydrogen) atoms. The zero-order valence-corrected chi connectivity index (χ0v) is 10.3. The fourth-order valence-corrected chi connectivity index (χ4v) is 2.49. The van der Waals surface area contributed by atoms with Crippen molar-refractivity contribution in [2.24, 2.45) is 5.92 Å². The number of nitrogens with one attached hydrogen (secondary N) is 1. The van der Waals surface area contributed by atoms with E-state index < -0.39 is 0 Å². The summed E-state index contributed by atoms with van der Waals surface area (Å²) in [5.41, 5.74) is 1.86. The van der Waals surface area contributed by atoms with E-state index in [4.69, 9.17) is 5.26 Å². The molecule has 0 radical (unpaired) electrons. The Kier molecular flexibility index (Phi) is 4.44. The average molecular weight is 228 g/mol. The van der Waals surface area contributed by atoms with Gasteiger partial charge in [-0.1, -0.05) is 25.7 Å². The van der Waals surface area contributed by atoms with Gasteiger partial charge in [0.25, 0.3) is 0 Å². The monoisotopic (exact) mass is 228 g/mol. The van der Waals surface area contributed by atoms with Crippen LogP contribution in [-0.4, -0.2) is 6.54 Å². The third kappa shape index (κ3) is 3.78. The molecule has 0 saturated heterocycles. The van der Waals surface area contributed by atoms with Crippen molar-refractivity contribution < 1.29 is 0 Å². The van der Waals surface area contributed by atoms with Gasteiger partial charge in [0.05, 0.1) is 11.6 Å². The largest absolute Gasteiger partial charge is 0.385 e. The van der Waals surface area contributed by atoms with Crippen molar-refractivity contribution >= 4 is 5.69 Å². The van der Waals surface area contributed by atoms with Gasteiger partial charge < -0.3 is 5.32 Å². The van der Waals surface area contributed by atoms with Crippen molar-refractivity contribution in [3.05, 3.63) is 29.8 Å². The molecule has 1 saturated carbocycles. The first kappa shape index (κ1) is 12.0. The number of hydrogen-bond acceptors (Lipinski definition) is 2. The van der Waals surface area contributed by atoms with Crippen molar-refractivity contribution in [1.29, 1.82) is 5.26 Å². The molecule has 0 atom stereocenters. The van der Waals surface area contributed by atoms with Crippen LogP contribution in [0.25, 0.3) is 0 Å². The van der Waals surface area contributed by atoms with Gasteiger partial charge in [0.15, 0.2) is 0 Å². The Bertz CT molecular complexity index is 367. The van der Waals surface area contributed by atoms with E-state index in [1.54, 1.807) is 0 Å². The van der Waals surface area contributed by atoms with Gasteiger partial charge in [-0.15, -0.1) is 0 Å². The molecule has 1 aliphatic carbocycles. The molecule has 2 nitrogen and oxygen atoms in total. The summed E-state index contributed by atoms with van der Waals surface area (Å²) in [5.74, 6) is 0.827. The van der Waals surface area contributed by atoms with E-state index in [9.17, 15) is 0 Å². The van der Waals surface area contributed by atoms with Gasteiger partial charge in [-0.3, -0.25) is 0 Å². The van der Waals surface area contributed by atoms with Crippen LogP contribution in [0.3, 0.4) is 0 Å². The maximum Gasteiger partial charge on any atom is 0.0991 e. The van der Waals surface area contributed by atoms with Crippen molar-refractivity contribution in [2.75, 3.05) is 11.9 Å². The van der Waals surface area contributed by atoms with E-state index in [0.29, 0.717) is 0 Å². The highest BCUT2D eigenvalue weighted by Crippen LogP contribution is 2.23. The molecule has 0 aromatic heterocycles. The summed E-state index contributed by atoms with van der Waals surface area (Å²) in [6, 6.07) is 9.87. The Balaban J connectivity index is 1.82. The van der Waals surface area contributed by atoms with E-state index in [0.717, 1.165) is 23.7 Å². The Morgan fingerprint density at radius 1 is 1.06 bits per heavy atom. The summed E-state index contributed by atoms with van der Waals surface area (Å²) < 4.78 is 0. The van der Waals surface area contributed by atoms with Crippen LogP contribution in [0.4, 0.5) is 5.69 Å². The zero-order valence-electron chi connectivity index (χ0n) is 10.3. The average Bonchev–Trinajstić information content (AvgIpc) is 2.65. The third-order valence-electron chi connectivity index (χ3n) is 3.58. The predicted octanol–water partition coefficient (Wildman–Crippen LogP) is 3.94. The van der Waals surface area contributed by atoms with E-state index in [1.165, 1.54) is 38.5 Å². The lowest BCUT2D eigenvalue weighted by Gasteiger charge is -2.15. The van der Waals surface area contributed by atoms with Gasteiger partial charge in [0.2, 0.25) is 0 Å². The Morgan fingerprint density at radius 2 is 1.71 bits per heavy atom. The number of rotatable bonds is 3. The minimum atomic E-state index is 0.727. The van der Waals surface area contributed by atoms with Crippen molar-refractivity contribution in [3.8, 4) is 6.07 Å². The maximum absolute atomic E-state index is 8.72. The van der Waals surface area contributed by atoms with Crippen molar-refractivity contribution in [1.82, 2.24) is 0 Å². The van der Waals surface area contributed by atoms with Crippen LogP contribution in [0.2, 0.25) is 0 Å². The topological polar surface area (TPSA) is 35.8 Å². The Labute approximate surface area is 104 Å². The third-order valence-corrected chi connectivity index (χ3v) is 3.58. The molecule has 0 spiro atoms. The van der Waals surface area contributed by atoms with Crippen LogP contribution in [0, 0.1) is 17.2 Å². The van der Waals surface area contributed by atoms with Crippen LogP contribution in [-0.2, 0) is 0 Å². The SMILES string of the molecule is N#Cc1ccc(NCC2CCCCCC2)cc1. The fourth-order valence-electron chi connectivity index (χ4n) is 2.49. The summed E-state index contributed by atoms with van der Waals surface area (Å²) in [6.45, 7) is 1.08. The second-order valence-corrected chi connectivity index (χ2v) is 4.93. The quantitative estimate of drug-likeness (QED) is 0.795. The van der Waals surface area contributed by atoms with Gasteiger partial charge in [-0.25, -0.2) is 0 Å². The second kappa shape index (κ2) is 6.30. The smallest absolute Gasteiger partial charge is 0.0991 e. The molecule has 1 N–H and O–H groups in total. The summed E-state index contributed by atoms with van der Waals surface area (Å²) in [7, 11) is 0. The highest BCUT2D eigenvalue weighted by molar-refractivity contribution is 5.47. The fraction of sp³-hybridized carbons (Fsp3) is 0.533. The van der Waals surface area contributed by atoms with E-state index in [2.05, 4.69) is 11.4 Å². The van der Waals surface area contributed by atoms with Crippen molar-refractivity contribution in [3.63, 3.8) is 0 Å². The van der Waals surface area contributed by atoms with Gasteiger partial charge >= 0.3 is 0 Å². The summed E-state index contributed by atoms with van der Waals surface area (Å²) >= 11 is 0. The van der Waals surface area contributed by atoms with Crippen LogP contribution in [0.1, 0.15) is 44.1 Å². The number of benzene rings is 1. The molecule has 0 bridgehead atoms. The summed E-state index contributed by atoms with van der Waals surface area (Å²) in [4.78, 5) is 0. The number of nitrogens with zero attached hydrogens (tertiary/aromatic N) is 1. The minimum Gasteiger partial charge on any atom is -0.385 e. The summed E-state index contributed by atoms with van der Waals surface area (Å²) in [5, 5.41) is 12.2. The molecule has 0 amide bonds. The van der Waals surface area contributed by atoms with E-state index >= 15 is 0 Å². The molecule has 1 aromatic rings. The number of hydrogen-bond donors (Lipinski definition) is 1. The first-order chi connectivity index (χ1) is 8.38. The van der Waals surface area contributed by atoms with Crippen LogP contribution < -0.4 is 5.32 Å².